The first-order valence-corrected chi connectivity index (χ1v) is 15.2. The summed E-state index contributed by atoms with van der Waals surface area (Å²) >= 11 is 0. The van der Waals surface area contributed by atoms with E-state index in [2.05, 4.69) is 35.7 Å². The Kier molecular flexibility index (Phi) is 9.02. The van der Waals surface area contributed by atoms with E-state index in [0.29, 0.717) is 37.0 Å². The number of Topliss-reactive ketones (excluding diaryl/α,β-unsaturated/α-hetero) is 1. The zero-order chi connectivity index (χ0) is 30.2. The van der Waals surface area contributed by atoms with Crippen molar-refractivity contribution in [2.24, 2.45) is 33.7 Å². The zero-order valence-electron chi connectivity index (χ0n) is 25.1. The number of carbonyl (C=O) groups is 4. The van der Waals surface area contributed by atoms with Gasteiger partial charge >= 0.3 is 5.97 Å². The van der Waals surface area contributed by atoms with Crippen molar-refractivity contribution in [3.05, 3.63) is 11.6 Å². The molecule has 0 aromatic carbocycles. The van der Waals surface area contributed by atoms with E-state index in [1.165, 1.54) is 12.5 Å². The highest BCUT2D eigenvalue weighted by atomic mass is 16.6. The van der Waals surface area contributed by atoms with Crippen LogP contribution in [0, 0.1) is 28.6 Å². The lowest BCUT2D eigenvalue weighted by Gasteiger charge is -2.59. The van der Waals surface area contributed by atoms with E-state index < -0.39 is 35.5 Å². The van der Waals surface area contributed by atoms with E-state index in [1.54, 1.807) is 6.92 Å². The smallest absolute Gasteiger partial charge is 0.326 e. The van der Waals surface area contributed by atoms with E-state index in [4.69, 9.17) is 4.84 Å². The Hall–Kier alpha value is -2.75. The van der Waals surface area contributed by atoms with Gasteiger partial charge in [0.25, 0.3) is 5.91 Å². The molecule has 0 aromatic heterocycles. The molecule has 4 N–H and O–H groups in total. The van der Waals surface area contributed by atoms with Crippen molar-refractivity contribution < 1.29 is 34.2 Å². The van der Waals surface area contributed by atoms with Crippen LogP contribution in [0.25, 0.3) is 0 Å². The minimum Gasteiger partial charge on any atom is -0.480 e. The lowest BCUT2D eigenvalue weighted by molar-refractivity contribution is -0.159. The molecule has 3 saturated carbocycles. The lowest BCUT2D eigenvalue weighted by Crippen LogP contribution is -2.57. The van der Waals surface area contributed by atoms with Gasteiger partial charge in [0.2, 0.25) is 5.91 Å². The second-order valence-electron chi connectivity index (χ2n) is 13.2. The van der Waals surface area contributed by atoms with Crippen molar-refractivity contribution in [1.29, 1.82) is 0 Å². The van der Waals surface area contributed by atoms with Crippen LogP contribution in [0.15, 0.2) is 16.8 Å². The second-order valence-corrected chi connectivity index (χ2v) is 13.2. The molecule has 0 heterocycles. The maximum Gasteiger partial charge on any atom is 0.326 e. The van der Waals surface area contributed by atoms with Crippen molar-refractivity contribution in [3.8, 4) is 0 Å². The van der Waals surface area contributed by atoms with Gasteiger partial charge in [0, 0.05) is 5.41 Å². The van der Waals surface area contributed by atoms with Crippen molar-refractivity contribution in [2.45, 2.75) is 117 Å². The summed E-state index contributed by atoms with van der Waals surface area (Å²) < 4.78 is 0. The van der Waals surface area contributed by atoms with Gasteiger partial charge in [0.1, 0.15) is 17.7 Å². The normalized spacial score (nSPS) is 36.6. The maximum atomic E-state index is 12.5. The van der Waals surface area contributed by atoms with Crippen molar-refractivity contribution in [2.75, 3.05) is 6.61 Å². The molecule has 0 aromatic rings. The predicted octanol–water partition coefficient (Wildman–Crippen LogP) is 3.52. The fraction of sp³-hybridized carbons (Fsp3) is 0.774. The summed E-state index contributed by atoms with van der Waals surface area (Å²) in [4.78, 5) is 53.7. The molecule has 4 rings (SSSR count). The number of nitrogens with zero attached hydrogens (tertiary/aromatic N) is 1. The topological polar surface area (TPSA) is 154 Å². The number of oxime groups is 1. The van der Waals surface area contributed by atoms with Crippen LogP contribution < -0.4 is 10.6 Å². The standard InChI is InChI=1S/C31H47N3O7/c1-6-7-25(28(38)39)33-27(37)18(2)32-26(36)17-41-34-21-10-13-29(4)20(16-21)8-9-22-23(29)11-14-30(5)24(22)12-15-31(30,40)19(3)35/h16,18,22-25,40H,6-15,17H2,1-5H3,(H,32,36)(H,33,37)(H,38,39). The first-order valence-electron chi connectivity index (χ1n) is 15.2. The Morgan fingerprint density at radius 3 is 2.44 bits per heavy atom. The number of aliphatic carboxylic acids is 1. The van der Waals surface area contributed by atoms with Crippen LogP contribution in [0.1, 0.15) is 98.8 Å². The van der Waals surface area contributed by atoms with Crippen LogP contribution in [0.4, 0.5) is 0 Å². The molecule has 228 valence electrons. The number of nitrogens with one attached hydrogen (secondary N) is 2. The highest BCUT2D eigenvalue weighted by Gasteiger charge is 2.65. The SMILES string of the molecule is CCCC(NC(=O)C(C)NC(=O)CON=C1C=C2CCC3C(CCC4(C)C3CCC4(O)C(C)=O)C2(C)CC1)C(=O)O. The van der Waals surface area contributed by atoms with Crippen LogP contribution in [-0.4, -0.2) is 63.8 Å². The van der Waals surface area contributed by atoms with Crippen LogP contribution in [-0.2, 0) is 24.0 Å². The van der Waals surface area contributed by atoms with Crippen LogP contribution in [0.5, 0.6) is 0 Å². The van der Waals surface area contributed by atoms with Crippen molar-refractivity contribution in [1.82, 2.24) is 10.6 Å². The second kappa shape index (κ2) is 11.9. The Morgan fingerprint density at radius 2 is 1.78 bits per heavy atom. The third-order valence-electron chi connectivity index (χ3n) is 11.1. The molecule has 10 heteroatoms. The number of rotatable bonds is 10. The largest absolute Gasteiger partial charge is 0.480 e. The Balaban J connectivity index is 1.33. The Bertz CT molecular complexity index is 1130. The van der Waals surface area contributed by atoms with Gasteiger partial charge in [-0.05, 0) is 101 Å². The van der Waals surface area contributed by atoms with Gasteiger partial charge in [0.05, 0.1) is 5.71 Å². The number of fused-ring (bicyclic) bond motifs is 5. The number of amides is 2. The number of carboxylic acids is 1. The van der Waals surface area contributed by atoms with E-state index in [1.807, 2.05) is 6.92 Å². The lowest BCUT2D eigenvalue weighted by atomic mass is 9.46. The van der Waals surface area contributed by atoms with Gasteiger partial charge in [-0.3, -0.25) is 14.4 Å². The molecule has 0 radical (unpaired) electrons. The summed E-state index contributed by atoms with van der Waals surface area (Å²) in [5.74, 6) is -0.915. The van der Waals surface area contributed by atoms with Gasteiger partial charge in [-0.25, -0.2) is 4.79 Å². The molecule has 41 heavy (non-hydrogen) atoms. The van der Waals surface area contributed by atoms with Crippen molar-refractivity contribution in [3.63, 3.8) is 0 Å². The van der Waals surface area contributed by atoms with E-state index in [0.717, 1.165) is 50.7 Å². The molecule has 2 amide bonds. The van der Waals surface area contributed by atoms with Gasteiger partial charge in [-0.15, -0.1) is 0 Å². The van der Waals surface area contributed by atoms with Gasteiger partial charge in [-0.1, -0.05) is 37.9 Å². The van der Waals surface area contributed by atoms with E-state index in [-0.39, 0.29) is 23.2 Å². The molecule has 4 aliphatic rings. The Labute approximate surface area is 242 Å². The molecule has 8 atom stereocenters. The summed E-state index contributed by atoms with van der Waals surface area (Å²) in [7, 11) is 0. The minimum atomic E-state index is -1.20. The third-order valence-corrected chi connectivity index (χ3v) is 11.1. The molecule has 10 nitrogen and oxygen atoms in total. The highest BCUT2D eigenvalue weighted by molar-refractivity contribution is 5.96. The minimum absolute atomic E-state index is 0.0476. The fourth-order valence-corrected chi connectivity index (χ4v) is 8.60. The molecule has 0 saturated heterocycles. The average molecular weight is 574 g/mol. The number of ketones is 1. The maximum absolute atomic E-state index is 12.5. The molecule has 4 aliphatic carbocycles. The quantitative estimate of drug-likeness (QED) is 0.292. The summed E-state index contributed by atoms with van der Waals surface area (Å²) in [6.45, 7) is 9.02. The molecular formula is C31H47N3O7. The number of carboxylic acid groups (broad SMARTS) is 1. The third kappa shape index (κ3) is 5.68. The van der Waals surface area contributed by atoms with E-state index in [9.17, 15) is 29.4 Å². The van der Waals surface area contributed by atoms with Gasteiger partial charge in [0.15, 0.2) is 12.4 Å². The zero-order valence-corrected chi connectivity index (χ0v) is 25.1. The van der Waals surface area contributed by atoms with Gasteiger partial charge < -0.3 is 25.7 Å². The highest BCUT2D eigenvalue weighted by Crippen LogP contribution is 2.67. The molecule has 0 bridgehead atoms. The summed E-state index contributed by atoms with van der Waals surface area (Å²) in [5, 5.41) is 29.8. The van der Waals surface area contributed by atoms with Crippen LogP contribution in [0.2, 0.25) is 0 Å². The summed E-state index contributed by atoms with van der Waals surface area (Å²) in [5.41, 5.74) is 0.661. The van der Waals surface area contributed by atoms with E-state index >= 15 is 0 Å². The van der Waals surface area contributed by atoms with Crippen LogP contribution in [0.3, 0.4) is 0 Å². The van der Waals surface area contributed by atoms with Crippen LogP contribution >= 0.6 is 0 Å². The molecule has 0 spiro atoms. The van der Waals surface area contributed by atoms with Gasteiger partial charge in [-0.2, -0.15) is 0 Å². The number of aliphatic hydroxyl groups is 1. The number of hydrogen-bond acceptors (Lipinski definition) is 7. The van der Waals surface area contributed by atoms with Crippen molar-refractivity contribution >= 4 is 29.3 Å². The molecule has 3 fully saturated rings. The average Bonchev–Trinajstić information content (AvgIpc) is 3.20. The fourth-order valence-electron chi connectivity index (χ4n) is 8.60. The number of allylic oxidation sites excluding steroid dienone is 2. The Morgan fingerprint density at radius 1 is 1.07 bits per heavy atom. The molecule has 8 unspecified atom stereocenters. The molecule has 0 aliphatic heterocycles. The first kappa shape index (κ1) is 31.2. The number of carbonyl (C=O) groups excluding carboxylic acids is 3. The summed E-state index contributed by atoms with van der Waals surface area (Å²) in [6.07, 6.45) is 10.0. The molecular weight excluding hydrogens is 526 g/mol. The first-order chi connectivity index (χ1) is 19.3. The summed E-state index contributed by atoms with van der Waals surface area (Å²) in [6, 6.07) is -1.90. The number of hydrogen-bond donors (Lipinski definition) is 4. The monoisotopic (exact) mass is 573 g/mol. The predicted molar refractivity (Wildman–Crippen MR) is 153 cm³/mol.